The quantitative estimate of drug-likeness (QED) is 0.560. The number of hydrogen-bond donors (Lipinski definition) is 1. The van der Waals surface area contributed by atoms with Crippen LogP contribution in [0.15, 0.2) is 81.6 Å². The molecule has 0 aliphatic rings. The third kappa shape index (κ3) is 3.93. The van der Waals surface area contributed by atoms with Crippen LogP contribution in [0.1, 0.15) is 0 Å². The molecule has 134 valence electrons. The number of pyridine rings is 1. The summed E-state index contributed by atoms with van der Waals surface area (Å²) in [6.45, 7) is 0. The van der Waals surface area contributed by atoms with Gasteiger partial charge in [-0.3, -0.25) is 14.8 Å². The number of benzene rings is 2. The largest absolute Gasteiger partial charge is 0.497 e. The summed E-state index contributed by atoms with van der Waals surface area (Å²) in [5.41, 5.74) is 0.226. The van der Waals surface area contributed by atoms with E-state index in [-0.39, 0.29) is 11.6 Å². The molecule has 4 aromatic rings. The molecule has 0 unspecified atom stereocenters. The molecule has 2 heterocycles. The van der Waals surface area contributed by atoms with Crippen LogP contribution < -0.4 is 15.0 Å². The number of methoxy groups -OCH3 is 1. The highest BCUT2D eigenvalue weighted by molar-refractivity contribution is 7.99. The van der Waals surface area contributed by atoms with Gasteiger partial charge < -0.3 is 9.47 Å². The van der Waals surface area contributed by atoms with Crippen LogP contribution in [0.25, 0.3) is 10.9 Å². The summed E-state index contributed by atoms with van der Waals surface area (Å²) in [5, 5.41) is 0.474. The van der Waals surface area contributed by atoms with Gasteiger partial charge in [-0.05, 0) is 48.5 Å². The molecule has 4 rings (SSSR count). The van der Waals surface area contributed by atoms with Crippen LogP contribution in [0.2, 0.25) is 0 Å². The Bertz CT molecular complexity index is 1140. The molecule has 0 aliphatic carbocycles. The Labute approximate surface area is 159 Å². The summed E-state index contributed by atoms with van der Waals surface area (Å²) >= 11 is 1.62. The molecule has 0 aliphatic heterocycles. The minimum absolute atomic E-state index is 0.133. The highest BCUT2D eigenvalue weighted by atomic mass is 32.2. The summed E-state index contributed by atoms with van der Waals surface area (Å²) in [7, 11) is 1.65. The van der Waals surface area contributed by atoms with Crippen LogP contribution in [0.4, 0.5) is 0 Å². The lowest BCUT2D eigenvalue weighted by Crippen LogP contribution is -2.09. The Balaban J connectivity index is 1.51. The Morgan fingerprint density at radius 2 is 1.85 bits per heavy atom. The van der Waals surface area contributed by atoms with E-state index >= 15 is 0 Å². The summed E-state index contributed by atoms with van der Waals surface area (Å²) in [6.07, 6.45) is 3.09. The number of aromatic nitrogens is 3. The predicted molar refractivity (Wildman–Crippen MR) is 104 cm³/mol. The minimum Gasteiger partial charge on any atom is -0.497 e. The van der Waals surface area contributed by atoms with Crippen molar-refractivity contribution in [1.29, 1.82) is 0 Å². The predicted octanol–water partition coefficient (Wildman–Crippen LogP) is 4.27. The second-order valence-corrected chi connectivity index (χ2v) is 6.77. The van der Waals surface area contributed by atoms with Gasteiger partial charge >= 0.3 is 6.01 Å². The average molecular weight is 377 g/mol. The van der Waals surface area contributed by atoms with Crippen LogP contribution in [-0.4, -0.2) is 22.1 Å². The Morgan fingerprint density at radius 3 is 2.67 bits per heavy atom. The fourth-order valence-corrected chi connectivity index (χ4v) is 3.37. The number of fused-ring (bicyclic) bond motifs is 1. The van der Waals surface area contributed by atoms with E-state index in [2.05, 4.69) is 15.0 Å². The van der Waals surface area contributed by atoms with Gasteiger partial charge in [0.25, 0.3) is 5.56 Å². The molecule has 0 atom stereocenters. The molecule has 2 aromatic carbocycles. The van der Waals surface area contributed by atoms with E-state index in [9.17, 15) is 4.79 Å². The summed E-state index contributed by atoms with van der Waals surface area (Å²) in [4.78, 5) is 25.1. The van der Waals surface area contributed by atoms with Crippen molar-refractivity contribution < 1.29 is 9.47 Å². The van der Waals surface area contributed by atoms with Crippen molar-refractivity contribution >= 4 is 22.7 Å². The number of aromatic amines is 1. The molecule has 27 heavy (non-hydrogen) atoms. The Kier molecular flexibility index (Phi) is 4.76. The fourth-order valence-electron chi connectivity index (χ4n) is 2.51. The summed E-state index contributed by atoms with van der Waals surface area (Å²) < 4.78 is 10.9. The number of ether oxygens (including phenoxy) is 2. The van der Waals surface area contributed by atoms with Crippen LogP contribution in [0, 0.1) is 0 Å². The lowest BCUT2D eigenvalue weighted by Gasteiger charge is -2.07. The van der Waals surface area contributed by atoms with Crippen molar-refractivity contribution in [3.8, 4) is 17.5 Å². The summed E-state index contributed by atoms with van der Waals surface area (Å²) in [5.74, 6) is 1.40. The Hall–Kier alpha value is -3.32. The standard InChI is InChI=1S/C20H15N3O3S/c1-25-14-3-2-4-16(11-14)27-15-7-5-13(6-8-15)26-20-22-18-12-21-10-9-17(18)19(24)23-20/h2-12H,1H3,(H,22,23,24). The third-order valence-corrected chi connectivity index (χ3v) is 4.80. The van der Waals surface area contributed by atoms with Crippen LogP contribution in [0.5, 0.6) is 17.5 Å². The van der Waals surface area contributed by atoms with Gasteiger partial charge in [-0.25, -0.2) is 0 Å². The SMILES string of the molecule is COc1cccc(Sc2ccc(Oc3nc4cnccc4c(=O)[nH]3)cc2)c1. The molecule has 0 spiro atoms. The van der Waals surface area contributed by atoms with Crippen molar-refractivity contribution in [2.75, 3.05) is 7.11 Å². The van der Waals surface area contributed by atoms with E-state index in [0.29, 0.717) is 16.7 Å². The molecule has 0 bridgehead atoms. The van der Waals surface area contributed by atoms with E-state index < -0.39 is 0 Å². The number of nitrogens with zero attached hydrogens (tertiary/aromatic N) is 2. The molecule has 0 amide bonds. The maximum absolute atomic E-state index is 12.1. The van der Waals surface area contributed by atoms with Gasteiger partial charge in [-0.2, -0.15) is 4.98 Å². The first-order valence-corrected chi connectivity index (χ1v) is 8.97. The monoisotopic (exact) mass is 377 g/mol. The normalized spacial score (nSPS) is 10.7. The van der Waals surface area contributed by atoms with Crippen molar-refractivity contribution in [2.45, 2.75) is 9.79 Å². The van der Waals surface area contributed by atoms with Gasteiger partial charge in [0, 0.05) is 16.0 Å². The van der Waals surface area contributed by atoms with Crippen molar-refractivity contribution in [3.05, 3.63) is 77.3 Å². The molecular formula is C20H15N3O3S. The highest BCUT2D eigenvalue weighted by Gasteiger charge is 2.06. The second-order valence-electron chi connectivity index (χ2n) is 5.62. The van der Waals surface area contributed by atoms with Gasteiger partial charge in [0.1, 0.15) is 11.5 Å². The number of rotatable bonds is 5. The molecular weight excluding hydrogens is 362 g/mol. The van der Waals surface area contributed by atoms with Gasteiger partial charge in [-0.1, -0.05) is 17.8 Å². The van der Waals surface area contributed by atoms with Gasteiger partial charge in [-0.15, -0.1) is 0 Å². The first kappa shape index (κ1) is 17.1. The van der Waals surface area contributed by atoms with Crippen molar-refractivity contribution in [3.63, 3.8) is 0 Å². The van der Waals surface area contributed by atoms with Crippen molar-refractivity contribution in [1.82, 2.24) is 15.0 Å². The highest BCUT2D eigenvalue weighted by Crippen LogP contribution is 2.31. The molecule has 1 N–H and O–H groups in total. The number of hydrogen-bond acceptors (Lipinski definition) is 6. The summed E-state index contributed by atoms with van der Waals surface area (Å²) in [6, 6.07) is 17.2. The van der Waals surface area contributed by atoms with E-state index in [1.54, 1.807) is 31.1 Å². The Morgan fingerprint density at radius 1 is 1.00 bits per heavy atom. The van der Waals surface area contributed by atoms with Crippen LogP contribution >= 0.6 is 11.8 Å². The molecule has 0 saturated heterocycles. The zero-order valence-corrected chi connectivity index (χ0v) is 15.2. The fraction of sp³-hybridized carbons (Fsp3) is 0.0500. The second kappa shape index (κ2) is 7.51. The van der Waals surface area contributed by atoms with Gasteiger partial charge in [0.05, 0.1) is 24.2 Å². The number of H-pyrrole nitrogens is 1. The molecule has 7 heteroatoms. The molecule has 6 nitrogen and oxygen atoms in total. The van der Waals surface area contributed by atoms with E-state index in [4.69, 9.17) is 9.47 Å². The molecule has 2 aromatic heterocycles. The van der Waals surface area contributed by atoms with E-state index in [1.807, 2.05) is 48.5 Å². The lowest BCUT2D eigenvalue weighted by atomic mass is 10.3. The average Bonchev–Trinajstić information content (AvgIpc) is 2.70. The maximum atomic E-state index is 12.1. The zero-order chi connectivity index (χ0) is 18.6. The van der Waals surface area contributed by atoms with E-state index in [0.717, 1.165) is 15.5 Å². The maximum Gasteiger partial charge on any atom is 0.302 e. The first-order valence-electron chi connectivity index (χ1n) is 8.15. The topological polar surface area (TPSA) is 77.1 Å². The van der Waals surface area contributed by atoms with Crippen LogP contribution in [0.3, 0.4) is 0 Å². The number of nitrogens with one attached hydrogen (secondary N) is 1. The van der Waals surface area contributed by atoms with Crippen molar-refractivity contribution in [2.24, 2.45) is 0 Å². The molecule has 0 radical (unpaired) electrons. The van der Waals surface area contributed by atoms with Crippen LogP contribution in [-0.2, 0) is 0 Å². The smallest absolute Gasteiger partial charge is 0.302 e. The van der Waals surface area contributed by atoms with Gasteiger partial charge in [0.15, 0.2) is 0 Å². The minimum atomic E-state index is -0.261. The van der Waals surface area contributed by atoms with E-state index in [1.165, 1.54) is 6.20 Å². The lowest BCUT2D eigenvalue weighted by molar-refractivity contribution is 0.413. The molecule has 0 saturated carbocycles. The molecule has 0 fully saturated rings. The third-order valence-electron chi connectivity index (χ3n) is 3.80. The first-order chi connectivity index (χ1) is 13.2. The zero-order valence-electron chi connectivity index (χ0n) is 14.4. The van der Waals surface area contributed by atoms with Gasteiger partial charge in [0.2, 0.25) is 0 Å².